The molecule has 1 saturated carbocycles. The van der Waals surface area contributed by atoms with Crippen molar-refractivity contribution in [3.63, 3.8) is 0 Å². The molecule has 2 heterocycles. The molecule has 0 bridgehead atoms. The number of hydrogen-bond donors (Lipinski definition) is 1. The molecule has 1 amide bonds. The summed E-state index contributed by atoms with van der Waals surface area (Å²) >= 11 is 0. The number of rotatable bonds is 4. The molecule has 1 aliphatic heterocycles. The fraction of sp³-hybridized carbons (Fsp3) is 0.526. The Hall–Kier alpha value is -2.21. The van der Waals surface area contributed by atoms with E-state index in [1.54, 1.807) is 12.7 Å². The Morgan fingerprint density at radius 3 is 2.56 bits per heavy atom. The second-order valence-electron chi connectivity index (χ2n) is 7.04. The summed E-state index contributed by atoms with van der Waals surface area (Å²) in [7, 11) is 0. The van der Waals surface area contributed by atoms with E-state index in [1.807, 2.05) is 16.8 Å². The summed E-state index contributed by atoms with van der Waals surface area (Å²) in [4.78, 5) is 16.5. The third-order valence-electron chi connectivity index (χ3n) is 5.42. The van der Waals surface area contributed by atoms with Gasteiger partial charge >= 0.3 is 0 Å². The van der Waals surface area contributed by atoms with Crippen LogP contribution in [0.15, 0.2) is 36.9 Å². The van der Waals surface area contributed by atoms with Gasteiger partial charge in [0, 0.05) is 24.1 Å². The highest BCUT2D eigenvalue weighted by Crippen LogP contribution is 2.28. The van der Waals surface area contributed by atoms with Gasteiger partial charge in [0.1, 0.15) is 12.7 Å². The Labute approximate surface area is 147 Å². The van der Waals surface area contributed by atoms with E-state index in [-0.39, 0.29) is 11.9 Å². The van der Waals surface area contributed by atoms with Crippen molar-refractivity contribution in [2.24, 2.45) is 0 Å². The Bertz CT molecular complexity index is 685. The Balaban J connectivity index is 1.30. The van der Waals surface area contributed by atoms with Crippen LogP contribution in [0, 0.1) is 0 Å². The van der Waals surface area contributed by atoms with Gasteiger partial charge in [0.25, 0.3) is 5.91 Å². The predicted octanol–water partition coefficient (Wildman–Crippen LogP) is 2.70. The van der Waals surface area contributed by atoms with Gasteiger partial charge in [-0.2, -0.15) is 5.10 Å². The van der Waals surface area contributed by atoms with Gasteiger partial charge in [0.2, 0.25) is 0 Å². The summed E-state index contributed by atoms with van der Waals surface area (Å²) in [5.41, 5.74) is 2.00. The first-order chi connectivity index (χ1) is 12.3. The Morgan fingerprint density at radius 2 is 1.92 bits per heavy atom. The summed E-state index contributed by atoms with van der Waals surface area (Å²) in [6.45, 7) is 1.63. The van der Waals surface area contributed by atoms with Crippen LogP contribution in [-0.2, 0) is 4.74 Å². The van der Waals surface area contributed by atoms with Crippen LogP contribution in [0.25, 0.3) is 0 Å². The summed E-state index contributed by atoms with van der Waals surface area (Å²) in [5, 5.41) is 7.40. The molecule has 2 aromatic rings. The first kappa shape index (κ1) is 16.3. The van der Waals surface area contributed by atoms with E-state index in [9.17, 15) is 4.79 Å². The molecule has 1 unspecified atom stereocenters. The van der Waals surface area contributed by atoms with Gasteiger partial charge in [0.15, 0.2) is 0 Å². The highest BCUT2D eigenvalue weighted by molar-refractivity contribution is 5.94. The standard InChI is InChI=1S/C19H24N4O2/c24-19(15-3-1-14(2-4-15)16-9-10-25-11-16)22-17-5-7-18(8-6-17)23-13-20-12-21-23/h1-4,12-13,16-18H,5-11H2,(H,22,24). The second-order valence-corrected chi connectivity index (χ2v) is 7.04. The van der Waals surface area contributed by atoms with Gasteiger partial charge in [-0.15, -0.1) is 0 Å². The molecular formula is C19H24N4O2. The van der Waals surface area contributed by atoms with Crippen LogP contribution >= 0.6 is 0 Å². The number of nitrogens with zero attached hydrogens (tertiary/aromatic N) is 3. The minimum absolute atomic E-state index is 0.0263. The minimum atomic E-state index is 0.0263. The first-order valence-corrected chi connectivity index (χ1v) is 9.12. The molecule has 25 heavy (non-hydrogen) atoms. The maximum atomic E-state index is 12.5. The Kier molecular flexibility index (Phi) is 4.78. The van der Waals surface area contributed by atoms with E-state index in [1.165, 1.54) is 5.56 Å². The van der Waals surface area contributed by atoms with Crippen LogP contribution < -0.4 is 5.32 Å². The molecule has 0 radical (unpaired) electrons. The van der Waals surface area contributed by atoms with Crippen molar-refractivity contribution < 1.29 is 9.53 Å². The van der Waals surface area contributed by atoms with E-state index >= 15 is 0 Å². The van der Waals surface area contributed by atoms with Gasteiger partial charge < -0.3 is 10.1 Å². The van der Waals surface area contributed by atoms with Crippen molar-refractivity contribution in [2.75, 3.05) is 13.2 Å². The largest absolute Gasteiger partial charge is 0.381 e. The van der Waals surface area contributed by atoms with Crippen molar-refractivity contribution >= 4 is 5.91 Å². The van der Waals surface area contributed by atoms with Gasteiger partial charge in [-0.1, -0.05) is 12.1 Å². The number of hydrogen-bond acceptors (Lipinski definition) is 4. The molecule has 6 nitrogen and oxygen atoms in total. The van der Waals surface area contributed by atoms with Crippen molar-refractivity contribution in [1.29, 1.82) is 0 Å². The topological polar surface area (TPSA) is 69.0 Å². The number of nitrogens with one attached hydrogen (secondary N) is 1. The van der Waals surface area contributed by atoms with Crippen LogP contribution in [0.4, 0.5) is 0 Å². The van der Waals surface area contributed by atoms with Crippen LogP contribution in [-0.4, -0.2) is 39.9 Å². The maximum Gasteiger partial charge on any atom is 0.251 e. The number of amides is 1. The highest BCUT2D eigenvalue weighted by atomic mass is 16.5. The normalized spacial score (nSPS) is 26.5. The third kappa shape index (κ3) is 3.74. The number of aromatic nitrogens is 3. The van der Waals surface area contributed by atoms with Crippen LogP contribution in [0.3, 0.4) is 0 Å². The Morgan fingerprint density at radius 1 is 1.12 bits per heavy atom. The van der Waals surface area contributed by atoms with Gasteiger partial charge in [-0.25, -0.2) is 9.67 Å². The van der Waals surface area contributed by atoms with Crippen LogP contribution in [0.2, 0.25) is 0 Å². The molecule has 1 N–H and O–H groups in total. The molecule has 1 aromatic heterocycles. The number of benzene rings is 1. The van der Waals surface area contributed by atoms with Gasteiger partial charge in [-0.3, -0.25) is 4.79 Å². The van der Waals surface area contributed by atoms with Gasteiger partial charge in [0.05, 0.1) is 12.6 Å². The smallest absolute Gasteiger partial charge is 0.251 e. The van der Waals surface area contributed by atoms with Crippen molar-refractivity contribution in [2.45, 2.75) is 50.1 Å². The molecule has 2 fully saturated rings. The molecular weight excluding hydrogens is 316 g/mol. The van der Waals surface area contributed by atoms with E-state index in [4.69, 9.17) is 4.74 Å². The summed E-state index contributed by atoms with van der Waals surface area (Å²) in [6, 6.07) is 8.65. The molecule has 2 aliphatic rings. The summed E-state index contributed by atoms with van der Waals surface area (Å²) < 4.78 is 7.37. The fourth-order valence-electron chi connectivity index (χ4n) is 3.86. The molecule has 6 heteroatoms. The van der Waals surface area contributed by atoms with E-state index in [2.05, 4.69) is 27.5 Å². The van der Waals surface area contributed by atoms with Crippen molar-refractivity contribution in [3.05, 3.63) is 48.0 Å². The highest BCUT2D eigenvalue weighted by Gasteiger charge is 2.24. The van der Waals surface area contributed by atoms with Crippen LogP contribution in [0.5, 0.6) is 0 Å². The lowest BCUT2D eigenvalue weighted by molar-refractivity contribution is 0.0921. The third-order valence-corrected chi connectivity index (χ3v) is 5.42. The van der Waals surface area contributed by atoms with E-state index in [0.717, 1.165) is 50.9 Å². The summed E-state index contributed by atoms with van der Waals surface area (Å²) in [6.07, 6.45) is 8.43. The monoisotopic (exact) mass is 340 g/mol. The predicted molar refractivity (Wildman–Crippen MR) is 93.4 cm³/mol. The molecule has 132 valence electrons. The SMILES string of the molecule is O=C(NC1CCC(n2cncn2)CC1)c1ccc(C2CCOC2)cc1. The number of carbonyl (C=O) groups is 1. The number of carbonyl (C=O) groups excluding carboxylic acids is 1. The molecule has 0 spiro atoms. The molecule has 1 aliphatic carbocycles. The summed E-state index contributed by atoms with van der Waals surface area (Å²) in [5.74, 6) is 0.502. The lowest BCUT2D eigenvalue weighted by Crippen LogP contribution is -2.38. The lowest BCUT2D eigenvalue weighted by atomic mass is 9.91. The van der Waals surface area contributed by atoms with Crippen LogP contribution in [0.1, 0.15) is 60.0 Å². The zero-order valence-corrected chi connectivity index (χ0v) is 14.3. The maximum absolute atomic E-state index is 12.5. The molecule has 4 rings (SSSR count). The molecule has 1 saturated heterocycles. The zero-order chi connectivity index (χ0) is 17.1. The lowest BCUT2D eigenvalue weighted by Gasteiger charge is -2.29. The fourth-order valence-corrected chi connectivity index (χ4v) is 3.86. The molecule has 1 atom stereocenters. The van der Waals surface area contributed by atoms with Gasteiger partial charge in [-0.05, 0) is 49.8 Å². The first-order valence-electron chi connectivity index (χ1n) is 9.12. The van der Waals surface area contributed by atoms with Crippen molar-refractivity contribution in [1.82, 2.24) is 20.1 Å². The average Bonchev–Trinajstić information content (AvgIpc) is 3.36. The second kappa shape index (κ2) is 7.35. The minimum Gasteiger partial charge on any atom is -0.381 e. The van der Waals surface area contributed by atoms with E-state index < -0.39 is 0 Å². The van der Waals surface area contributed by atoms with Crippen molar-refractivity contribution in [3.8, 4) is 0 Å². The average molecular weight is 340 g/mol. The quantitative estimate of drug-likeness (QED) is 0.929. The molecule has 1 aromatic carbocycles. The number of ether oxygens (including phenoxy) is 1. The van der Waals surface area contributed by atoms with E-state index in [0.29, 0.717) is 12.0 Å². The zero-order valence-electron chi connectivity index (χ0n) is 14.3.